The zero-order valence-corrected chi connectivity index (χ0v) is 13.4. The molecule has 0 spiro atoms. The Labute approximate surface area is 132 Å². The third-order valence-corrected chi connectivity index (χ3v) is 4.09. The molecule has 4 heteroatoms. The first-order valence-corrected chi connectivity index (χ1v) is 7.87. The number of benzene rings is 2. The van der Waals surface area contributed by atoms with Crippen molar-refractivity contribution in [3.63, 3.8) is 0 Å². The van der Waals surface area contributed by atoms with Crippen molar-refractivity contribution in [2.75, 3.05) is 0 Å². The Kier molecular flexibility index (Phi) is 4.27. The molecule has 0 radical (unpaired) electrons. The summed E-state index contributed by atoms with van der Waals surface area (Å²) in [5.41, 5.74) is 2.40. The van der Waals surface area contributed by atoms with Crippen LogP contribution in [0.5, 0.6) is 11.5 Å². The number of aryl methyl sites for hydroxylation is 1. The summed E-state index contributed by atoms with van der Waals surface area (Å²) in [6.07, 6.45) is 2.56. The van der Waals surface area contributed by atoms with E-state index in [1.54, 1.807) is 12.1 Å². The van der Waals surface area contributed by atoms with Gasteiger partial charge in [-0.2, -0.15) is 0 Å². The van der Waals surface area contributed by atoms with Gasteiger partial charge in [-0.1, -0.05) is 22.0 Å². The largest absolute Gasteiger partial charge is 0.454 e. The summed E-state index contributed by atoms with van der Waals surface area (Å²) in [6.45, 7) is 2.93. The standard InChI is InChI=1S/C17H17BrFNO/c1-11-8-15(6-2-12(11)10-20-14-4-5-14)21-17-9-13(18)3-7-16(17)19/h2-3,6-9,14,20H,4-5,10H2,1H3. The molecular formula is C17H17BrFNO. The maximum atomic E-state index is 13.7. The molecule has 0 heterocycles. The average Bonchev–Trinajstić information content (AvgIpc) is 3.26. The fraction of sp³-hybridized carbons (Fsp3) is 0.294. The second-order valence-corrected chi connectivity index (χ2v) is 6.34. The van der Waals surface area contributed by atoms with Gasteiger partial charge < -0.3 is 10.1 Å². The zero-order chi connectivity index (χ0) is 14.8. The Bertz CT molecular complexity index is 655. The van der Waals surface area contributed by atoms with Gasteiger partial charge in [-0.15, -0.1) is 0 Å². The summed E-state index contributed by atoms with van der Waals surface area (Å²) in [5, 5.41) is 3.49. The van der Waals surface area contributed by atoms with Crippen molar-refractivity contribution in [3.8, 4) is 11.5 Å². The van der Waals surface area contributed by atoms with Gasteiger partial charge in [0, 0.05) is 17.1 Å². The van der Waals surface area contributed by atoms with Crippen molar-refractivity contribution in [1.29, 1.82) is 0 Å². The maximum absolute atomic E-state index is 13.7. The second-order valence-electron chi connectivity index (χ2n) is 5.42. The molecule has 1 aliphatic carbocycles. The minimum Gasteiger partial charge on any atom is -0.454 e. The van der Waals surface area contributed by atoms with E-state index in [0.717, 1.165) is 16.6 Å². The van der Waals surface area contributed by atoms with Crippen LogP contribution in [0.4, 0.5) is 4.39 Å². The summed E-state index contributed by atoms with van der Waals surface area (Å²) in [6, 6.07) is 11.2. The lowest BCUT2D eigenvalue weighted by atomic mass is 10.1. The van der Waals surface area contributed by atoms with Gasteiger partial charge in [-0.25, -0.2) is 4.39 Å². The first kappa shape index (κ1) is 14.5. The van der Waals surface area contributed by atoms with Crippen molar-refractivity contribution in [2.45, 2.75) is 32.4 Å². The topological polar surface area (TPSA) is 21.3 Å². The van der Waals surface area contributed by atoms with Gasteiger partial charge >= 0.3 is 0 Å². The SMILES string of the molecule is Cc1cc(Oc2cc(Br)ccc2F)ccc1CNC1CC1. The van der Waals surface area contributed by atoms with Crippen LogP contribution in [-0.2, 0) is 6.54 Å². The molecule has 0 amide bonds. The molecule has 21 heavy (non-hydrogen) atoms. The summed E-state index contributed by atoms with van der Waals surface area (Å²) in [5.74, 6) is 0.516. The fourth-order valence-corrected chi connectivity index (χ4v) is 2.49. The van der Waals surface area contributed by atoms with Crippen molar-refractivity contribution >= 4 is 15.9 Å². The Balaban J connectivity index is 1.73. The van der Waals surface area contributed by atoms with Crippen LogP contribution in [0.1, 0.15) is 24.0 Å². The van der Waals surface area contributed by atoms with Crippen LogP contribution < -0.4 is 10.1 Å². The van der Waals surface area contributed by atoms with E-state index in [2.05, 4.69) is 21.2 Å². The van der Waals surface area contributed by atoms with Gasteiger partial charge in [-0.05, 0) is 61.2 Å². The van der Waals surface area contributed by atoms with Crippen LogP contribution >= 0.6 is 15.9 Å². The molecule has 0 bridgehead atoms. The fourth-order valence-electron chi connectivity index (χ4n) is 2.15. The van der Waals surface area contributed by atoms with Crippen LogP contribution in [0.3, 0.4) is 0 Å². The van der Waals surface area contributed by atoms with E-state index in [9.17, 15) is 4.39 Å². The highest BCUT2D eigenvalue weighted by molar-refractivity contribution is 9.10. The Hall–Kier alpha value is -1.39. The predicted molar refractivity (Wildman–Crippen MR) is 85.2 cm³/mol. The quantitative estimate of drug-likeness (QED) is 0.825. The molecule has 110 valence electrons. The van der Waals surface area contributed by atoms with Gasteiger partial charge in [-0.3, -0.25) is 0 Å². The lowest BCUT2D eigenvalue weighted by Crippen LogP contribution is -2.15. The van der Waals surface area contributed by atoms with Crippen molar-refractivity contribution < 1.29 is 9.13 Å². The van der Waals surface area contributed by atoms with Crippen molar-refractivity contribution in [1.82, 2.24) is 5.32 Å². The minimum atomic E-state index is -0.365. The Morgan fingerprint density at radius 2 is 2.05 bits per heavy atom. The number of hydrogen-bond donors (Lipinski definition) is 1. The van der Waals surface area contributed by atoms with E-state index in [1.165, 1.54) is 24.5 Å². The van der Waals surface area contributed by atoms with E-state index in [1.807, 2.05) is 25.1 Å². The maximum Gasteiger partial charge on any atom is 0.165 e. The second kappa shape index (κ2) is 6.16. The van der Waals surface area contributed by atoms with Crippen molar-refractivity contribution in [3.05, 3.63) is 57.8 Å². The Morgan fingerprint density at radius 3 is 2.76 bits per heavy atom. The summed E-state index contributed by atoms with van der Waals surface area (Å²) < 4.78 is 20.1. The molecule has 0 saturated heterocycles. The summed E-state index contributed by atoms with van der Waals surface area (Å²) in [7, 11) is 0. The highest BCUT2D eigenvalue weighted by atomic mass is 79.9. The van der Waals surface area contributed by atoms with Gasteiger partial charge in [0.1, 0.15) is 5.75 Å². The van der Waals surface area contributed by atoms with Crippen LogP contribution in [0.2, 0.25) is 0 Å². The monoisotopic (exact) mass is 349 g/mol. The molecule has 0 aliphatic heterocycles. The molecule has 0 unspecified atom stereocenters. The van der Waals surface area contributed by atoms with Crippen LogP contribution in [-0.4, -0.2) is 6.04 Å². The third kappa shape index (κ3) is 3.83. The molecule has 2 nitrogen and oxygen atoms in total. The third-order valence-electron chi connectivity index (χ3n) is 3.59. The molecule has 2 aromatic carbocycles. The normalized spacial score (nSPS) is 14.2. The van der Waals surface area contributed by atoms with Crippen LogP contribution in [0.25, 0.3) is 0 Å². The number of ether oxygens (including phenoxy) is 1. The minimum absolute atomic E-state index is 0.229. The molecule has 0 atom stereocenters. The van der Waals surface area contributed by atoms with E-state index in [0.29, 0.717) is 11.8 Å². The number of nitrogens with one attached hydrogen (secondary N) is 1. The number of halogens is 2. The van der Waals surface area contributed by atoms with Crippen LogP contribution in [0, 0.1) is 12.7 Å². The molecule has 1 N–H and O–H groups in total. The molecule has 1 fully saturated rings. The highest BCUT2D eigenvalue weighted by Crippen LogP contribution is 2.29. The molecule has 3 rings (SSSR count). The molecule has 2 aromatic rings. The van der Waals surface area contributed by atoms with E-state index in [-0.39, 0.29) is 11.6 Å². The Morgan fingerprint density at radius 1 is 1.24 bits per heavy atom. The van der Waals surface area contributed by atoms with Crippen LogP contribution in [0.15, 0.2) is 40.9 Å². The van der Waals surface area contributed by atoms with E-state index >= 15 is 0 Å². The van der Waals surface area contributed by atoms with Gasteiger partial charge in [0.15, 0.2) is 11.6 Å². The lowest BCUT2D eigenvalue weighted by Gasteiger charge is -2.11. The first-order chi connectivity index (χ1) is 10.1. The lowest BCUT2D eigenvalue weighted by molar-refractivity contribution is 0.441. The summed E-state index contributed by atoms with van der Waals surface area (Å²) in [4.78, 5) is 0. The van der Waals surface area contributed by atoms with Crippen molar-refractivity contribution in [2.24, 2.45) is 0 Å². The highest BCUT2D eigenvalue weighted by Gasteiger charge is 2.20. The zero-order valence-electron chi connectivity index (χ0n) is 11.8. The molecular weight excluding hydrogens is 333 g/mol. The molecule has 1 saturated carbocycles. The molecule has 1 aliphatic rings. The molecule has 0 aromatic heterocycles. The van der Waals surface area contributed by atoms with E-state index in [4.69, 9.17) is 4.74 Å². The van der Waals surface area contributed by atoms with Gasteiger partial charge in [0.05, 0.1) is 0 Å². The average molecular weight is 350 g/mol. The number of rotatable bonds is 5. The first-order valence-electron chi connectivity index (χ1n) is 7.07. The van der Waals surface area contributed by atoms with Gasteiger partial charge in [0.25, 0.3) is 0 Å². The van der Waals surface area contributed by atoms with E-state index < -0.39 is 0 Å². The predicted octanol–water partition coefficient (Wildman–Crippen LogP) is 4.94. The van der Waals surface area contributed by atoms with Gasteiger partial charge in [0.2, 0.25) is 0 Å². The number of hydrogen-bond acceptors (Lipinski definition) is 2. The smallest absolute Gasteiger partial charge is 0.165 e. The summed E-state index contributed by atoms with van der Waals surface area (Å²) >= 11 is 3.32.